The Balaban J connectivity index is 2.01. The fourth-order valence-electron chi connectivity index (χ4n) is 2.72. The molecular weight excluding hydrogens is 246 g/mol. The summed E-state index contributed by atoms with van der Waals surface area (Å²) < 4.78 is 7.40. The van der Waals surface area contributed by atoms with Crippen LogP contribution in [-0.4, -0.2) is 52.4 Å². The van der Waals surface area contributed by atoms with Gasteiger partial charge in [-0.1, -0.05) is 0 Å². The average Bonchev–Trinajstić information content (AvgIpc) is 2.71. The lowest BCUT2D eigenvalue weighted by Gasteiger charge is -2.33. The van der Waals surface area contributed by atoms with Gasteiger partial charge in [0.1, 0.15) is 5.82 Å². The fourth-order valence-corrected chi connectivity index (χ4v) is 2.72. The molecule has 6 heteroatoms. The smallest absolute Gasteiger partial charge is 0.132 e. The summed E-state index contributed by atoms with van der Waals surface area (Å²) >= 11 is 0. The summed E-state index contributed by atoms with van der Waals surface area (Å²) in [5, 5.41) is 22.6. The monoisotopic (exact) mass is 269 g/mol. The summed E-state index contributed by atoms with van der Waals surface area (Å²) in [7, 11) is 1.91. The largest absolute Gasteiger partial charge is 0.394 e. The summed E-state index contributed by atoms with van der Waals surface area (Å²) in [5.41, 5.74) is 1.80. The van der Waals surface area contributed by atoms with Gasteiger partial charge < -0.3 is 19.8 Å². The number of aliphatic hydroxyl groups excluding tert-OH is 2. The van der Waals surface area contributed by atoms with Crippen LogP contribution in [0.5, 0.6) is 0 Å². The highest BCUT2D eigenvalue weighted by Gasteiger charge is 2.24. The Morgan fingerprint density at radius 3 is 2.58 bits per heavy atom. The van der Waals surface area contributed by atoms with E-state index >= 15 is 0 Å². The molecule has 0 amide bonds. The van der Waals surface area contributed by atoms with Crippen molar-refractivity contribution in [1.82, 2.24) is 9.78 Å². The maximum Gasteiger partial charge on any atom is 0.132 e. The van der Waals surface area contributed by atoms with Crippen LogP contribution in [0.15, 0.2) is 0 Å². The first-order valence-corrected chi connectivity index (χ1v) is 6.78. The van der Waals surface area contributed by atoms with E-state index in [-0.39, 0.29) is 19.3 Å². The van der Waals surface area contributed by atoms with Gasteiger partial charge in [-0.25, -0.2) is 0 Å². The molecule has 0 unspecified atom stereocenters. The Morgan fingerprint density at radius 2 is 2.00 bits per heavy atom. The molecule has 0 bridgehead atoms. The van der Waals surface area contributed by atoms with Gasteiger partial charge in [-0.2, -0.15) is 5.10 Å². The van der Waals surface area contributed by atoms with E-state index in [9.17, 15) is 5.11 Å². The third kappa shape index (κ3) is 3.08. The molecule has 0 radical (unpaired) electrons. The van der Waals surface area contributed by atoms with Crippen molar-refractivity contribution >= 4 is 5.82 Å². The van der Waals surface area contributed by atoms with Gasteiger partial charge in [0.25, 0.3) is 0 Å². The van der Waals surface area contributed by atoms with Gasteiger partial charge >= 0.3 is 0 Å². The number of hydrogen-bond donors (Lipinski definition) is 2. The van der Waals surface area contributed by atoms with Crippen molar-refractivity contribution in [3.63, 3.8) is 0 Å². The molecule has 1 aliphatic heterocycles. The number of aromatic nitrogens is 2. The van der Waals surface area contributed by atoms with E-state index in [2.05, 4.69) is 10.00 Å². The van der Waals surface area contributed by atoms with Crippen molar-refractivity contribution in [3.05, 3.63) is 11.3 Å². The average molecular weight is 269 g/mol. The number of nitrogens with zero attached hydrogens (tertiary/aromatic N) is 3. The van der Waals surface area contributed by atoms with E-state index in [1.807, 2.05) is 18.7 Å². The molecule has 6 nitrogen and oxygen atoms in total. The molecule has 0 atom stereocenters. The second-order valence-corrected chi connectivity index (χ2v) is 4.95. The van der Waals surface area contributed by atoms with E-state index in [1.165, 1.54) is 0 Å². The zero-order valence-corrected chi connectivity index (χ0v) is 11.7. The molecule has 1 fully saturated rings. The van der Waals surface area contributed by atoms with Crippen LogP contribution in [-0.2, 0) is 18.4 Å². The standard InChI is InChI=1S/C13H23N3O3/c1-10-12(9-18)13(15(2)14-10)16-5-3-11(4-6-16)19-8-7-17/h11,17-18H,3-9H2,1-2H3. The van der Waals surface area contributed by atoms with Crippen molar-refractivity contribution in [3.8, 4) is 0 Å². The zero-order chi connectivity index (χ0) is 13.8. The summed E-state index contributed by atoms with van der Waals surface area (Å²) in [6, 6.07) is 0. The molecule has 1 aromatic rings. The molecule has 1 aromatic heterocycles. The van der Waals surface area contributed by atoms with Crippen LogP contribution in [0.1, 0.15) is 24.1 Å². The van der Waals surface area contributed by atoms with Gasteiger partial charge in [-0.15, -0.1) is 0 Å². The minimum atomic E-state index is 0.0238. The Kier molecular flexibility index (Phi) is 4.79. The van der Waals surface area contributed by atoms with Gasteiger partial charge in [0.2, 0.25) is 0 Å². The number of rotatable bonds is 5. The van der Waals surface area contributed by atoms with Gasteiger partial charge in [0, 0.05) is 25.7 Å². The van der Waals surface area contributed by atoms with Crippen molar-refractivity contribution in [2.75, 3.05) is 31.2 Å². The summed E-state index contributed by atoms with van der Waals surface area (Å²) in [6.45, 7) is 4.22. The number of aryl methyl sites for hydroxylation is 2. The highest BCUT2D eigenvalue weighted by atomic mass is 16.5. The lowest BCUT2D eigenvalue weighted by Crippen LogP contribution is -2.38. The Morgan fingerprint density at radius 1 is 1.32 bits per heavy atom. The lowest BCUT2D eigenvalue weighted by atomic mass is 10.1. The predicted molar refractivity (Wildman–Crippen MR) is 72.1 cm³/mol. The highest BCUT2D eigenvalue weighted by molar-refractivity contribution is 5.50. The van der Waals surface area contributed by atoms with Crippen LogP contribution in [0.3, 0.4) is 0 Å². The summed E-state index contributed by atoms with van der Waals surface area (Å²) in [4.78, 5) is 2.25. The molecule has 0 saturated carbocycles. The first kappa shape index (κ1) is 14.3. The lowest BCUT2D eigenvalue weighted by molar-refractivity contribution is 0.0157. The minimum absolute atomic E-state index is 0.0238. The molecule has 19 heavy (non-hydrogen) atoms. The zero-order valence-electron chi connectivity index (χ0n) is 11.7. The number of piperidine rings is 1. The van der Waals surface area contributed by atoms with Gasteiger partial charge in [0.15, 0.2) is 0 Å². The SMILES string of the molecule is Cc1nn(C)c(N2CCC(OCCO)CC2)c1CO. The second-order valence-electron chi connectivity index (χ2n) is 4.95. The van der Waals surface area contributed by atoms with Gasteiger partial charge in [-0.3, -0.25) is 4.68 Å². The van der Waals surface area contributed by atoms with E-state index < -0.39 is 0 Å². The molecule has 2 N–H and O–H groups in total. The Hall–Kier alpha value is -1.11. The van der Waals surface area contributed by atoms with Crippen molar-refractivity contribution in [2.45, 2.75) is 32.5 Å². The van der Waals surface area contributed by atoms with E-state index in [0.29, 0.717) is 6.61 Å². The maximum absolute atomic E-state index is 9.48. The van der Waals surface area contributed by atoms with Crippen LogP contribution in [0.4, 0.5) is 5.82 Å². The van der Waals surface area contributed by atoms with Crippen molar-refractivity contribution in [2.24, 2.45) is 7.05 Å². The van der Waals surface area contributed by atoms with Crippen LogP contribution in [0.25, 0.3) is 0 Å². The molecule has 108 valence electrons. The first-order valence-electron chi connectivity index (χ1n) is 6.78. The molecule has 1 saturated heterocycles. The molecular formula is C13H23N3O3. The van der Waals surface area contributed by atoms with Crippen molar-refractivity contribution in [1.29, 1.82) is 0 Å². The predicted octanol–water partition coefficient (Wildman–Crippen LogP) is 0.199. The third-order valence-corrected chi connectivity index (χ3v) is 3.66. The Labute approximate surface area is 113 Å². The van der Waals surface area contributed by atoms with E-state index in [1.54, 1.807) is 0 Å². The second kappa shape index (κ2) is 6.36. The summed E-state index contributed by atoms with van der Waals surface area (Å²) in [5.74, 6) is 1.01. The molecule has 0 spiro atoms. The maximum atomic E-state index is 9.48. The van der Waals surface area contributed by atoms with Gasteiger partial charge in [0.05, 0.1) is 31.6 Å². The summed E-state index contributed by atoms with van der Waals surface area (Å²) in [6.07, 6.45) is 2.11. The van der Waals surface area contributed by atoms with Crippen LogP contribution < -0.4 is 4.90 Å². The third-order valence-electron chi connectivity index (χ3n) is 3.66. The number of anilines is 1. The van der Waals surface area contributed by atoms with Crippen LogP contribution in [0.2, 0.25) is 0 Å². The number of ether oxygens (including phenoxy) is 1. The first-order chi connectivity index (χ1) is 9.17. The van der Waals surface area contributed by atoms with E-state index in [0.717, 1.165) is 43.0 Å². The topological polar surface area (TPSA) is 70.8 Å². The van der Waals surface area contributed by atoms with Crippen LogP contribution >= 0.6 is 0 Å². The van der Waals surface area contributed by atoms with Gasteiger partial charge in [-0.05, 0) is 19.8 Å². The van der Waals surface area contributed by atoms with Crippen molar-refractivity contribution < 1.29 is 14.9 Å². The minimum Gasteiger partial charge on any atom is -0.394 e. The highest BCUT2D eigenvalue weighted by Crippen LogP contribution is 2.26. The fraction of sp³-hybridized carbons (Fsp3) is 0.769. The number of aliphatic hydroxyl groups is 2. The number of hydrogen-bond acceptors (Lipinski definition) is 5. The molecule has 0 aliphatic carbocycles. The molecule has 2 heterocycles. The normalized spacial score (nSPS) is 17.2. The molecule has 1 aliphatic rings. The molecule has 0 aromatic carbocycles. The van der Waals surface area contributed by atoms with E-state index in [4.69, 9.17) is 9.84 Å². The van der Waals surface area contributed by atoms with Crippen LogP contribution in [0, 0.1) is 6.92 Å². The molecule has 2 rings (SSSR count). The quantitative estimate of drug-likeness (QED) is 0.799. The Bertz CT molecular complexity index is 412.